The van der Waals surface area contributed by atoms with Crippen LogP contribution < -0.4 is 5.32 Å². The van der Waals surface area contributed by atoms with Crippen LogP contribution in [0.4, 0.5) is 0 Å². The van der Waals surface area contributed by atoms with Crippen LogP contribution in [0.2, 0.25) is 5.02 Å². The van der Waals surface area contributed by atoms with Crippen molar-refractivity contribution in [2.45, 2.75) is 12.8 Å². The molecule has 1 aliphatic heterocycles. The molecule has 1 aromatic carbocycles. The highest BCUT2D eigenvalue weighted by molar-refractivity contribution is 8.03. The Kier molecular flexibility index (Phi) is 6.72. The molecule has 0 spiro atoms. The SMILES string of the molecule is COC(=O)CSC1=C(C#N)[C@@H](c2ccccc2Cl)C(C(=O)OC)=C(C)N1. The number of methoxy groups -OCH3 is 2. The molecule has 8 heteroatoms. The van der Waals surface area contributed by atoms with Crippen LogP contribution in [0.5, 0.6) is 0 Å². The molecule has 136 valence electrons. The van der Waals surface area contributed by atoms with Crippen LogP contribution in [-0.4, -0.2) is 31.9 Å². The van der Waals surface area contributed by atoms with E-state index in [1.807, 2.05) is 0 Å². The lowest BCUT2D eigenvalue weighted by Crippen LogP contribution is -2.29. The summed E-state index contributed by atoms with van der Waals surface area (Å²) in [5, 5.41) is 13.7. The van der Waals surface area contributed by atoms with Crippen molar-refractivity contribution < 1.29 is 19.1 Å². The molecule has 1 N–H and O–H groups in total. The Balaban J connectivity index is 2.59. The number of carbonyl (C=O) groups is 2. The zero-order valence-corrected chi connectivity index (χ0v) is 16.0. The third-order valence-electron chi connectivity index (χ3n) is 3.83. The number of dihydropyridines is 1. The van der Waals surface area contributed by atoms with Gasteiger partial charge in [-0.2, -0.15) is 5.26 Å². The third-order valence-corrected chi connectivity index (χ3v) is 5.17. The summed E-state index contributed by atoms with van der Waals surface area (Å²) in [5.74, 6) is -1.64. The number of benzene rings is 1. The van der Waals surface area contributed by atoms with E-state index in [1.54, 1.807) is 31.2 Å². The number of hydrogen-bond acceptors (Lipinski definition) is 7. The minimum absolute atomic E-state index is 0.0279. The van der Waals surface area contributed by atoms with Crippen LogP contribution in [0, 0.1) is 11.3 Å². The molecule has 6 nitrogen and oxygen atoms in total. The molecule has 0 saturated heterocycles. The molecule has 1 aromatic rings. The number of esters is 2. The third kappa shape index (κ3) is 4.03. The van der Waals surface area contributed by atoms with Crippen LogP contribution >= 0.6 is 23.4 Å². The molecule has 0 fully saturated rings. The van der Waals surface area contributed by atoms with E-state index < -0.39 is 17.9 Å². The first-order chi connectivity index (χ1) is 12.4. The van der Waals surface area contributed by atoms with E-state index in [-0.39, 0.29) is 11.3 Å². The number of nitriles is 1. The lowest BCUT2D eigenvalue weighted by molar-refractivity contribution is -0.138. The summed E-state index contributed by atoms with van der Waals surface area (Å²) in [6.07, 6.45) is 0. The monoisotopic (exact) mass is 392 g/mol. The molecule has 2 rings (SSSR count). The predicted molar refractivity (Wildman–Crippen MR) is 99.2 cm³/mol. The summed E-state index contributed by atoms with van der Waals surface area (Å²) in [6, 6.07) is 9.15. The number of nitrogens with zero attached hydrogens (tertiary/aromatic N) is 1. The zero-order chi connectivity index (χ0) is 19.3. The molecule has 0 bridgehead atoms. The summed E-state index contributed by atoms with van der Waals surface area (Å²) >= 11 is 7.46. The van der Waals surface area contributed by atoms with E-state index in [4.69, 9.17) is 16.3 Å². The van der Waals surface area contributed by atoms with Gasteiger partial charge in [0, 0.05) is 10.7 Å². The molecule has 0 aromatic heterocycles. The molecule has 0 radical (unpaired) electrons. The van der Waals surface area contributed by atoms with Gasteiger partial charge < -0.3 is 14.8 Å². The van der Waals surface area contributed by atoms with E-state index >= 15 is 0 Å². The second-order valence-electron chi connectivity index (χ2n) is 5.33. The standard InChI is InChI=1S/C18H17ClN2O4S/c1-10-15(18(23)25-3)16(11-6-4-5-7-13(11)19)12(8-20)17(21-10)26-9-14(22)24-2/h4-7,16,21H,9H2,1-3H3/t16-/m1/s1. The Bertz CT molecular complexity index is 842. The van der Waals surface area contributed by atoms with E-state index in [9.17, 15) is 14.9 Å². The Morgan fingerprint density at radius 2 is 2.00 bits per heavy atom. The quantitative estimate of drug-likeness (QED) is 0.770. The summed E-state index contributed by atoms with van der Waals surface area (Å²) in [6.45, 7) is 1.71. The van der Waals surface area contributed by atoms with Crippen molar-refractivity contribution in [3.63, 3.8) is 0 Å². The number of carbonyl (C=O) groups excluding carboxylic acids is 2. The van der Waals surface area contributed by atoms with Crippen molar-refractivity contribution in [2.75, 3.05) is 20.0 Å². The van der Waals surface area contributed by atoms with Crippen LogP contribution in [0.25, 0.3) is 0 Å². The van der Waals surface area contributed by atoms with Crippen molar-refractivity contribution >= 4 is 35.3 Å². The average molecular weight is 393 g/mol. The number of rotatable bonds is 5. The first-order valence-corrected chi connectivity index (χ1v) is 8.95. The molecule has 26 heavy (non-hydrogen) atoms. The maximum Gasteiger partial charge on any atom is 0.336 e. The molecule has 0 aliphatic carbocycles. The van der Waals surface area contributed by atoms with Gasteiger partial charge in [0.1, 0.15) is 0 Å². The first kappa shape index (κ1) is 19.9. The van der Waals surface area contributed by atoms with Crippen molar-refractivity contribution in [3.8, 4) is 6.07 Å². The molecular formula is C18H17ClN2O4S. The van der Waals surface area contributed by atoms with Crippen LogP contribution in [0.15, 0.2) is 46.1 Å². The van der Waals surface area contributed by atoms with E-state index in [2.05, 4.69) is 16.1 Å². The number of thioether (sulfide) groups is 1. The van der Waals surface area contributed by atoms with Gasteiger partial charge in [-0.05, 0) is 18.6 Å². The minimum atomic E-state index is -0.692. The highest BCUT2D eigenvalue weighted by atomic mass is 35.5. The summed E-state index contributed by atoms with van der Waals surface area (Å²) < 4.78 is 9.55. The predicted octanol–water partition coefficient (Wildman–Crippen LogP) is 3.12. The van der Waals surface area contributed by atoms with Gasteiger partial charge in [0.2, 0.25) is 0 Å². The molecule has 1 atom stereocenters. The van der Waals surface area contributed by atoms with Crippen molar-refractivity contribution in [3.05, 3.63) is 56.7 Å². The Hall–Kier alpha value is -2.43. The van der Waals surface area contributed by atoms with Crippen LogP contribution in [-0.2, 0) is 19.1 Å². The minimum Gasteiger partial charge on any atom is -0.468 e. The zero-order valence-electron chi connectivity index (χ0n) is 14.5. The number of nitrogens with one attached hydrogen (secondary N) is 1. The molecule has 0 amide bonds. The summed E-state index contributed by atoms with van der Waals surface area (Å²) in [5.41, 5.74) is 1.74. The Labute approximate surface area is 160 Å². The summed E-state index contributed by atoms with van der Waals surface area (Å²) in [4.78, 5) is 23.8. The number of ether oxygens (including phenoxy) is 2. The fourth-order valence-corrected chi connectivity index (χ4v) is 3.79. The second kappa shape index (κ2) is 8.79. The average Bonchev–Trinajstić information content (AvgIpc) is 2.65. The fourth-order valence-electron chi connectivity index (χ4n) is 2.62. The van der Waals surface area contributed by atoms with Gasteiger partial charge >= 0.3 is 11.9 Å². The van der Waals surface area contributed by atoms with Gasteiger partial charge in [-0.3, -0.25) is 4.79 Å². The largest absolute Gasteiger partial charge is 0.468 e. The molecule has 0 saturated carbocycles. The van der Waals surface area contributed by atoms with Gasteiger partial charge in [0.05, 0.1) is 48.1 Å². The van der Waals surface area contributed by atoms with Crippen molar-refractivity contribution in [2.24, 2.45) is 0 Å². The van der Waals surface area contributed by atoms with Crippen LogP contribution in [0.1, 0.15) is 18.4 Å². The molecule has 1 heterocycles. The molecule has 0 unspecified atom stereocenters. The van der Waals surface area contributed by atoms with E-state index in [0.29, 0.717) is 26.9 Å². The van der Waals surface area contributed by atoms with Crippen LogP contribution in [0.3, 0.4) is 0 Å². The van der Waals surface area contributed by atoms with Gasteiger partial charge in [-0.1, -0.05) is 41.6 Å². The van der Waals surface area contributed by atoms with E-state index in [0.717, 1.165) is 11.8 Å². The number of halogens is 1. The van der Waals surface area contributed by atoms with Crippen molar-refractivity contribution in [1.29, 1.82) is 5.26 Å². The van der Waals surface area contributed by atoms with Gasteiger partial charge in [0.25, 0.3) is 0 Å². The lowest BCUT2D eigenvalue weighted by Gasteiger charge is -2.29. The van der Waals surface area contributed by atoms with E-state index in [1.165, 1.54) is 14.2 Å². The second-order valence-corrected chi connectivity index (χ2v) is 6.72. The van der Waals surface area contributed by atoms with Gasteiger partial charge in [-0.25, -0.2) is 4.79 Å². The maximum atomic E-state index is 12.4. The summed E-state index contributed by atoms with van der Waals surface area (Å²) in [7, 11) is 2.58. The van der Waals surface area contributed by atoms with Gasteiger partial charge in [0.15, 0.2) is 0 Å². The van der Waals surface area contributed by atoms with Gasteiger partial charge in [-0.15, -0.1) is 0 Å². The van der Waals surface area contributed by atoms with Crippen molar-refractivity contribution in [1.82, 2.24) is 5.32 Å². The molecule has 1 aliphatic rings. The fraction of sp³-hybridized carbons (Fsp3) is 0.278. The smallest absolute Gasteiger partial charge is 0.336 e. The topological polar surface area (TPSA) is 88.4 Å². The highest BCUT2D eigenvalue weighted by Gasteiger charge is 2.36. The first-order valence-electron chi connectivity index (χ1n) is 7.59. The lowest BCUT2D eigenvalue weighted by atomic mass is 9.82. The maximum absolute atomic E-state index is 12.4. The number of allylic oxidation sites excluding steroid dienone is 2. The highest BCUT2D eigenvalue weighted by Crippen LogP contribution is 2.43. The molecular weight excluding hydrogens is 376 g/mol. The normalized spacial score (nSPS) is 16.7. The Morgan fingerprint density at radius 1 is 1.31 bits per heavy atom. The Morgan fingerprint density at radius 3 is 2.58 bits per heavy atom. The number of hydrogen-bond donors (Lipinski definition) is 1.